The molecule has 1 aromatic heterocycles. The number of carbonyl (C=O) groups is 1. The van der Waals surface area contributed by atoms with Crippen LogP contribution in [0.4, 0.5) is 0 Å². The van der Waals surface area contributed by atoms with Gasteiger partial charge >= 0.3 is 0 Å². The van der Waals surface area contributed by atoms with Crippen molar-refractivity contribution in [1.29, 1.82) is 0 Å². The molecule has 0 saturated heterocycles. The minimum Gasteiger partial charge on any atom is -0.296 e. The SMILES string of the molecule is CCc1cccc(-c2nc(C=O)cs2)c1. The average Bonchev–Trinajstić information content (AvgIpc) is 2.78. The predicted octanol–water partition coefficient (Wildman–Crippen LogP) is 3.19. The zero-order valence-corrected chi connectivity index (χ0v) is 9.25. The van der Waals surface area contributed by atoms with Gasteiger partial charge in [-0.05, 0) is 18.1 Å². The van der Waals surface area contributed by atoms with Gasteiger partial charge in [0.05, 0.1) is 0 Å². The van der Waals surface area contributed by atoms with E-state index in [0.29, 0.717) is 5.69 Å². The lowest BCUT2D eigenvalue weighted by Gasteiger charge is -1.99. The average molecular weight is 217 g/mol. The molecular weight excluding hydrogens is 206 g/mol. The first-order chi connectivity index (χ1) is 7.33. The van der Waals surface area contributed by atoms with Crippen LogP contribution in [0.1, 0.15) is 23.0 Å². The summed E-state index contributed by atoms with van der Waals surface area (Å²) in [6.45, 7) is 2.12. The van der Waals surface area contributed by atoms with Gasteiger partial charge in [0, 0.05) is 10.9 Å². The molecule has 15 heavy (non-hydrogen) atoms. The summed E-state index contributed by atoms with van der Waals surface area (Å²) in [6.07, 6.45) is 1.80. The van der Waals surface area contributed by atoms with E-state index in [0.717, 1.165) is 23.3 Å². The number of aromatic nitrogens is 1. The van der Waals surface area contributed by atoms with E-state index >= 15 is 0 Å². The van der Waals surface area contributed by atoms with Crippen molar-refractivity contribution in [2.45, 2.75) is 13.3 Å². The topological polar surface area (TPSA) is 30.0 Å². The lowest BCUT2D eigenvalue weighted by atomic mass is 10.1. The number of aldehydes is 1. The van der Waals surface area contributed by atoms with E-state index in [2.05, 4.69) is 24.0 Å². The molecule has 3 heteroatoms. The normalized spacial score (nSPS) is 10.2. The van der Waals surface area contributed by atoms with Crippen molar-refractivity contribution in [2.24, 2.45) is 0 Å². The van der Waals surface area contributed by atoms with E-state index in [9.17, 15) is 4.79 Å². The summed E-state index contributed by atoms with van der Waals surface area (Å²) in [7, 11) is 0. The van der Waals surface area contributed by atoms with Crippen LogP contribution in [0.2, 0.25) is 0 Å². The van der Waals surface area contributed by atoms with Crippen LogP contribution in [-0.4, -0.2) is 11.3 Å². The molecule has 2 aromatic rings. The van der Waals surface area contributed by atoms with Crippen LogP contribution < -0.4 is 0 Å². The zero-order chi connectivity index (χ0) is 10.7. The quantitative estimate of drug-likeness (QED) is 0.739. The maximum atomic E-state index is 10.5. The van der Waals surface area contributed by atoms with Crippen LogP contribution in [0.5, 0.6) is 0 Å². The first-order valence-corrected chi connectivity index (χ1v) is 5.71. The van der Waals surface area contributed by atoms with Crippen molar-refractivity contribution in [3.05, 3.63) is 40.9 Å². The maximum absolute atomic E-state index is 10.5. The van der Waals surface area contributed by atoms with Gasteiger partial charge in [0.1, 0.15) is 10.7 Å². The highest BCUT2D eigenvalue weighted by Crippen LogP contribution is 2.24. The fraction of sp³-hybridized carbons (Fsp3) is 0.167. The Balaban J connectivity index is 2.39. The van der Waals surface area contributed by atoms with Gasteiger partial charge in [-0.25, -0.2) is 4.98 Å². The zero-order valence-electron chi connectivity index (χ0n) is 8.43. The van der Waals surface area contributed by atoms with Crippen molar-refractivity contribution in [2.75, 3.05) is 0 Å². The fourth-order valence-electron chi connectivity index (χ4n) is 1.40. The Kier molecular flexibility index (Phi) is 2.92. The van der Waals surface area contributed by atoms with E-state index in [1.807, 2.05) is 12.1 Å². The van der Waals surface area contributed by atoms with Crippen molar-refractivity contribution in [3.63, 3.8) is 0 Å². The van der Waals surface area contributed by atoms with Crippen LogP contribution in [0.15, 0.2) is 29.6 Å². The highest BCUT2D eigenvalue weighted by molar-refractivity contribution is 7.13. The lowest BCUT2D eigenvalue weighted by molar-refractivity contribution is 0.111. The first-order valence-electron chi connectivity index (χ1n) is 4.83. The van der Waals surface area contributed by atoms with Crippen LogP contribution >= 0.6 is 11.3 Å². The fourth-order valence-corrected chi connectivity index (χ4v) is 2.16. The molecule has 0 unspecified atom stereocenters. The number of hydrogen-bond donors (Lipinski definition) is 0. The van der Waals surface area contributed by atoms with Crippen molar-refractivity contribution < 1.29 is 4.79 Å². The molecule has 0 fully saturated rings. The largest absolute Gasteiger partial charge is 0.296 e. The summed E-state index contributed by atoms with van der Waals surface area (Å²) in [5.74, 6) is 0. The van der Waals surface area contributed by atoms with Gasteiger partial charge in [-0.3, -0.25) is 4.79 Å². The van der Waals surface area contributed by atoms with Crippen LogP contribution in [0.3, 0.4) is 0 Å². The monoisotopic (exact) mass is 217 g/mol. The highest BCUT2D eigenvalue weighted by Gasteiger charge is 2.03. The number of hydrogen-bond acceptors (Lipinski definition) is 3. The van der Waals surface area contributed by atoms with E-state index in [-0.39, 0.29) is 0 Å². The van der Waals surface area contributed by atoms with Crippen molar-refractivity contribution in [1.82, 2.24) is 4.98 Å². The van der Waals surface area contributed by atoms with Gasteiger partial charge in [0.15, 0.2) is 6.29 Å². The number of carbonyl (C=O) groups excluding carboxylic acids is 1. The van der Waals surface area contributed by atoms with Gasteiger partial charge in [0.25, 0.3) is 0 Å². The minimum atomic E-state index is 0.511. The molecule has 0 aliphatic heterocycles. The maximum Gasteiger partial charge on any atom is 0.169 e. The third-order valence-electron chi connectivity index (χ3n) is 2.22. The summed E-state index contributed by atoms with van der Waals surface area (Å²) in [5, 5.41) is 2.69. The van der Waals surface area contributed by atoms with Gasteiger partial charge in [0.2, 0.25) is 0 Å². The number of thiazole rings is 1. The van der Waals surface area contributed by atoms with Gasteiger partial charge in [-0.2, -0.15) is 0 Å². The standard InChI is InChI=1S/C12H11NOS/c1-2-9-4-3-5-10(6-9)12-13-11(7-14)8-15-12/h3-8H,2H2,1H3. The predicted molar refractivity (Wildman–Crippen MR) is 62.3 cm³/mol. The highest BCUT2D eigenvalue weighted by atomic mass is 32.1. The second-order valence-corrected chi connectivity index (χ2v) is 4.11. The van der Waals surface area contributed by atoms with Crippen LogP contribution in [0, 0.1) is 0 Å². The van der Waals surface area contributed by atoms with E-state index < -0.39 is 0 Å². The summed E-state index contributed by atoms with van der Waals surface area (Å²) in [6, 6.07) is 8.26. The third-order valence-corrected chi connectivity index (χ3v) is 3.13. The molecule has 1 aromatic carbocycles. The second kappa shape index (κ2) is 4.36. The van der Waals surface area contributed by atoms with E-state index in [1.165, 1.54) is 16.9 Å². The molecule has 76 valence electrons. The Morgan fingerprint density at radius 3 is 3.00 bits per heavy atom. The Labute approximate surface area is 92.6 Å². The molecule has 0 bridgehead atoms. The Bertz CT molecular complexity index is 476. The molecule has 2 nitrogen and oxygen atoms in total. The number of benzene rings is 1. The number of rotatable bonds is 3. The van der Waals surface area contributed by atoms with Gasteiger partial charge in [-0.1, -0.05) is 25.1 Å². The van der Waals surface area contributed by atoms with E-state index in [4.69, 9.17) is 0 Å². The lowest BCUT2D eigenvalue weighted by Crippen LogP contribution is -1.83. The molecule has 0 radical (unpaired) electrons. The van der Waals surface area contributed by atoms with Crippen LogP contribution in [0.25, 0.3) is 10.6 Å². The Morgan fingerprint density at radius 1 is 1.47 bits per heavy atom. The van der Waals surface area contributed by atoms with Gasteiger partial charge in [-0.15, -0.1) is 11.3 Å². The summed E-state index contributed by atoms with van der Waals surface area (Å²) in [4.78, 5) is 14.7. The molecule has 1 heterocycles. The number of aryl methyl sites for hydroxylation is 1. The molecule has 0 N–H and O–H groups in total. The molecule has 2 rings (SSSR count). The molecule has 0 spiro atoms. The smallest absolute Gasteiger partial charge is 0.169 e. The van der Waals surface area contributed by atoms with Crippen molar-refractivity contribution >= 4 is 17.6 Å². The van der Waals surface area contributed by atoms with Gasteiger partial charge < -0.3 is 0 Å². The van der Waals surface area contributed by atoms with E-state index in [1.54, 1.807) is 5.38 Å². The molecule has 0 saturated carbocycles. The molecule has 0 aliphatic carbocycles. The third kappa shape index (κ3) is 2.13. The summed E-state index contributed by atoms with van der Waals surface area (Å²) in [5.41, 5.74) is 2.89. The van der Waals surface area contributed by atoms with Crippen LogP contribution in [-0.2, 0) is 6.42 Å². The first kappa shape index (κ1) is 10.1. The summed E-state index contributed by atoms with van der Waals surface area (Å²) < 4.78 is 0. The van der Waals surface area contributed by atoms with Crippen molar-refractivity contribution in [3.8, 4) is 10.6 Å². The second-order valence-electron chi connectivity index (χ2n) is 3.25. The Hall–Kier alpha value is -1.48. The molecular formula is C12H11NOS. The summed E-state index contributed by atoms with van der Waals surface area (Å²) >= 11 is 1.50. The molecule has 0 atom stereocenters. The minimum absolute atomic E-state index is 0.511. The molecule has 0 amide bonds. The molecule has 0 aliphatic rings. The Morgan fingerprint density at radius 2 is 2.33 bits per heavy atom. The number of nitrogens with zero attached hydrogens (tertiary/aromatic N) is 1.